The Morgan fingerprint density at radius 3 is 2.85 bits per heavy atom. The van der Waals surface area contributed by atoms with Gasteiger partial charge in [0.2, 0.25) is 0 Å². The molecular formula is C10H21N3. The van der Waals surface area contributed by atoms with Crippen LogP contribution in [0.5, 0.6) is 0 Å². The minimum absolute atomic E-state index is 0.351. The lowest BCUT2D eigenvalue weighted by atomic mass is 9.94. The molecule has 0 spiro atoms. The van der Waals surface area contributed by atoms with Crippen molar-refractivity contribution in [3.05, 3.63) is 0 Å². The lowest BCUT2D eigenvalue weighted by Crippen LogP contribution is -2.68. The van der Waals surface area contributed by atoms with Crippen molar-refractivity contribution in [2.75, 3.05) is 39.8 Å². The third kappa shape index (κ3) is 1.73. The first-order valence-electron chi connectivity index (χ1n) is 5.25. The highest BCUT2D eigenvalue weighted by Crippen LogP contribution is 2.23. The highest BCUT2D eigenvalue weighted by molar-refractivity contribution is 4.97. The van der Waals surface area contributed by atoms with Crippen LogP contribution in [0.2, 0.25) is 0 Å². The first-order chi connectivity index (χ1) is 6.09. The Labute approximate surface area is 81.1 Å². The maximum absolute atomic E-state index is 3.53. The largest absolute Gasteiger partial charge is 0.313 e. The monoisotopic (exact) mass is 183 g/mol. The second-order valence-corrected chi connectivity index (χ2v) is 5.05. The molecule has 2 aliphatic heterocycles. The van der Waals surface area contributed by atoms with Crippen LogP contribution in [0.4, 0.5) is 0 Å². The Bertz CT molecular complexity index is 191. The smallest absolute Gasteiger partial charge is 0.0354 e. The van der Waals surface area contributed by atoms with Gasteiger partial charge in [0, 0.05) is 44.3 Å². The number of likely N-dealkylation sites (N-methyl/N-ethyl adjacent to an activating group) is 1. The molecule has 2 rings (SSSR count). The highest BCUT2D eigenvalue weighted by Gasteiger charge is 2.38. The van der Waals surface area contributed by atoms with Gasteiger partial charge in [-0.2, -0.15) is 0 Å². The molecule has 1 atom stereocenters. The zero-order chi connectivity index (χ0) is 9.47. The van der Waals surface area contributed by atoms with E-state index in [-0.39, 0.29) is 0 Å². The van der Waals surface area contributed by atoms with E-state index >= 15 is 0 Å². The van der Waals surface area contributed by atoms with Gasteiger partial charge in [-0.05, 0) is 20.9 Å². The number of rotatable bonds is 0. The quantitative estimate of drug-likeness (QED) is 0.569. The van der Waals surface area contributed by atoms with Crippen LogP contribution in [0.3, 0.4) is 0 Å². The minimum atomic E-state index is 0.351. The number of nitrogens with one attached hydrogen (secondary N) is 1. The van der Waals surface area contributed by atoms with E-state index < -0.39 is 0 Å². The first-order valence-corrected chi connectivity index (χ1v) is 5.25. The normalized spacial score (nSPS) is 35.8. The van der Waals surface area contributed by atoms with Gasteiger partial charge in [-0.25, -0.2) is 0 Å². The molecule has 76 valence electrons. The molecule has 0 saturated carbocycles. The van der Waals surface area contributed by atoms with Crippen molar-refractivity contribution < 1.29 is 0 Å². The lowest BCUT2D eigenvalue weighted by molar-refractivity contribution is -0.0125. The van der Waals surface area contributed by atoms with Gasteiger partial charge in [0.15, 0.2) is 0 Å². The van der Waals surface area contributed by atoms with E-state index in [1.807, 2.05) is 0 Å². The summed E-state index contributed by atoms with van der Waals surface area (Å²) in [5.74, 6) is 0. The van der Waals surface area contributed by atoms with Gasteiger partial charge < -0.3 is 10.2 Å². The molecule has 2 heterocycles. The van der Waals surface area contributed by atoms with E-state index in [4.69, 9.17) is 0 Å². The summed E-state index contributed by atoms with van der Waals surface area (Å²) in [4.78, 5) is 5.10. The molecule has 2 fully saturated rings. The summed E-state index contributed by atoms with van der Waals surface area (Å²) < 4.78 is 0. The van der Waals surface area contributed by atoms with E-state index in [0.717, 1.165) is 19.1 Å². The summed E-state index contributed by atoms with van der Waals surface area (Å²) in [5.41, 5.74) is 0.351. The van der Waals surface area contributed by atoms with E-state index in [0.29, 0.717) is 5.54 Å². The van der Waals surface area contributed by atoms with Crippen LogP contribution in [-0.4, -0.2) is 61.2 Å². The highest BCUT2D eigenvalue weighted by atomic mass is 15.3. The molecule has 0 aromatic rings. The third-order valence-corrected chi connectivity index (χ3v) is 3.40. The van der Waals surface area contributed by atoms with Crippen LogP contribution in [0, 0.1) is 0 Å². The second kappa shape index (κ2) is 3.23. The summed E-state index contributed by atoms with van der Waals surface area (Å²) in [6.45, 7) is 10.7. The van der Waals surface area contributed by atoms with Crippen molar-refractivity contribution in [1.29, 1.82) is 0 Å². The predicted octanol–water partition coefficient (Wildman–Crippen LogP) is -0.0158. The number of fused-ring (bicyclic) bond motifs is 1. The van der Waals surface area contributed by atoms with Crippen LogP contribution in [0.1, 0.15) is 13.8 Å². The standard InChI is InChI=1S/C10H21N3/c1-10(2)8-11-6-9-7-12(3)4-5-13(9)10/h9,11H,4-8H2,1-3H3. The maximum Gasteiger partial charge on any atom is 0.0354 e. The molecule has 0 amide bonds. The molecule has 2 aliphatic rings. The van der Waals surface area contributed by atoms with Crippen LogP contribution >= 0.6 is 0 Å². The van der Waals surface area contributed by atoms with E-state index in [1.54, 1.807) is 0 Å². The first kappa shape index (κ1) is 9.44. The van der Waals surface area contributed by atoms with Gasteiger partial charge in [0.1, 0.15) is 0 Å². The van der Waals surface area contributed by atoms with Gasteiger partial charge in [0.05, 0.1) is 0 Å². The average molecular weight is 183 g/mol. The lowest BCUT2D eigenvalue weighted by Gasteiger charge is -2.52. The number of hydrogen-bond donors (Lipinski definition) is 1. The molecule has 1 N–H and O–H groups in total. The van der Waals surface area contributed by atoms with Crippen molar-refractivity contribution in [2.24, 2.45) is 0 Å². The van der Waals surface area contributed by atoms with Crippen LogP contribution in [-0.2, 0) is 0 Å². The van der Waals surface area contributed by atoms with Crippen molar-refractivity contribution in [1.82, 2.24) is 15.1 Å². The summed E-state index contributed by atoms with van der Waals surface area (Å²) in [7, 11) is 2.22. The second-order valence-electron chi connectivity index (χ2n) is 5.05. The fourth-order valence-corrected chi connectivity index (χ4v) is 2.63. The molecule has 1 unspecified atom stereocenters. The Kier molecular flexibility index (Phi) is 2.34. The zero-order valence-corrected chi connectivity index (χ0v) is 9.01. The Hall–Kier alpha value is -0.120. The SMILES string of the molecule is CN1CCN2C(CNCC2(C)C)C1. The summed E-state index contributed by atoms with van der Waals surface area (Å²) in [6, 6.07) is 0.725. The van der Waals surface area contributed by atoms with Crippen molar-refractivity contribution in [3.8, 4) is 0 Å². The Morgan fingerprint density at radius 2 is 2.08 bits per heavy atom. The summed E-state index contributed by atoms with van der Waals surface area (Å²) >= 11 is 0. The summed E-state index contributed by atoms with van der Waals surface area (Å²) in [5, 5.41) is 3.53. The fraction of sp³-hybridized carbons (Fsp3) is 1.00. The average Bonchev–Trinajstić information content (AvgIpc) is 2.02. The zero-order valence-electron chi connectivity index (χ0n) is 9.01. The number of nitrogens with zero attached hydrogens (tertiary/aromatic N) is 2. The molecular weight excluding hydrogens is 162 g/mol. The van der Waals surface area contributed by atoms with Gasteiger partial charge in [-0.15, -0.1) is 0 Å². The number of piperazine rings is 2. The van der Waals surface area contributed by atoms with Gasteiger partial charge in [-0.3, -0.25) is 4.90 Å². The predicted molar refractivity (Wildman–Crippen MR) is 54.9 cm³/mol. The maximum atomic E-state index is 3.53. The van der Waals surface area contributed by atoms with Gasteiger partial charge >= 0.3 is 0 Å². The molecule has 13 heavy (non-hydrogen) atoms. The summed E-state index contributed by atoms with van der Waals surface area (Å²) in [6.07, 6.45) is 0. The van der Waals surface area contributed by atoms with E-state index in [1.165, 1.54) is 19.6 Å². The van der Waals surface area contributed by atoms with Crippen LogP contribution in [0.25, 0.3) is 0 Å². The minimum Gasteiger partial charge on any atom is -0.313 e. The van der Waals surface area contributed by atoms with Crippen LogP contribution in [0.15, 0.2) is 0 Å². The molecule has 2 saturated heterocycles. The van der Waals surface area contributed by atoms with Crippen molar-refractivity contribution in [3.63, 3.8) is 0 Å². The molecule has 0 aliphatic carbocycles. The van der Waals surface area contributed by atoms with Gasteiger partial charge in [-0.1, -0.05) is 0 Å². The molecule has 0 radical (unpaired) electrons. The number of hydrogen-bond acceptors (Lipinski definition) is 3. The van der Waals surface area contributed by atoms with Crippen molar-refractivity contribution in [2.45, 2.75) is 25.4 Å². The molecule has 3 heteroatoms. The van der Waals surface area contributed by atoms with E-state index in [2.05, 4.69) is 36.0 Å². The third-order valence-electron chi connectivity index (χ3n) is 3.40. The van der Waals surface area contributed by atoms with E-state index in [9.17, 15) is 0 Å². The molecule has 3 nitrogen and oxygen atoms in total. The Balaban J connectivity index is 2.08. The molecule has 0 bridgehead atoms. The Morgan fingerprint density at radius 1 is 1.31 bits per heavy atom. The van der Waals surface area contributed by atoms with Crippen molar-refractivity contribution >= 4 is 0 Å². The van der Waals surface area contributed by atoms with Gasteiger partial charge in [0.25, 0.3) is 0 Å². The van der Waals surface area contributed by atoms with Crippen LogP contribution < -0.4 is 5.32 Å². The molecule has 0 aromatic heterocycles. The topological polar surface area (TPSA) is 18.5 Å². The molecule has 0 aromatic carbocycles. The fourth-order valence-electron chi connectivity index (χ4n) is 2.63.